The van der Waals surface area contributed by atoms with Crippen LogP contribution in [0.2, 0.25) is 0 Å². The Bertz CT molecular complexity index is 2320. The van der Waals surface area contributed by atoms with Crippen LogP contribution in [0.5, 0.6) is 5.75 Å². The third-order valence-corrected chi connectivity index (χ3v) is 8.12. The summed E-state index contributed by atoms with van der Waals surface area (Å²) >= 11 is 0. The Morgan fingerprint density at radius 1 is 0.891 bits per heavy atom. The van der Waals surface area contributed by atoms with Gasteiger partial charge in [-0.05, 0) is 76.7 Å². The van der Waals surface area contributed by atoms with Gasteiger partial charge in [0.1, 0.15) is 11.6 Å². The first-order valence-electron chi connectivity index (χ1n) is 14.7. The zero-order valence-corrected chi connectivity index (χ0v) is 25.7. The van der Waals surface area contributed by atoms with E-state index in [1.807, 2.05) is 96.5 Å². The molecule has 226 valence electrons. The van der Waals surface area contributed by atoms with Crippen molar-refractivity contribution in [3.8, 4) is 22.7 Å². The summed E-state index contributed by atoms with van der Waals surface area (Å²) in [5.41, 5.74) is 12.4. The first kappa shape index (κ1) is 28.5. The second-order valence-corrected chi connectivity index (χ2v) is 11.2. The Hall–Kier alpha value is -6.22. The number of nitrogens with zero attached hydrogens (tertiary/aromatic N) is 5. The van der Waals surface area contributed by atoms with Crippen LogP contribution in [0.3, 0.4) is 0 Å². The van der Waals surface area contributed by atoms with Crippen molar-refractivity contribution in [1.29, 1.82) is 0 Å². The Balaban J connectivity index is 1.40. The standard InChI is InChI=1S/C37H31N7O2/c1-22(36(38)45)26-20-32(41-37-39-15-13-35(42-37)44-16-14-23-9-6-8-12-33(23)44)34(46-4)21-28(26)27-18-25(43(2)3)19-31-29(27)17-24-10-5-7-11-30(24)40-31/h5-21H,1H2,2-4H3,(H2,38,45)(H,39,41,42). The number of benzene rings is 4. The van der Waals surface area contributed by atoms with Crippen LogP contribution in [-0.2, 0) is 4.79 Å². The van der Waals surface area contributed by atoms with E-state index >= 15 is 0 Å². The first-order chi connectivity index (χ1) is 22.3. The lowest BCUT2D eigenvalue weighted by Gasteiger charge is -2.21. The first-order valence-corrected chi connectivity index (χ1v) is 14.7. The van der Waals surface area contributed by atoms with Gasteiger partial charge in [-0.15, -0.1) is 0 Å². The Kier molecular flexibility index (Phi) is 7.05. The highest BCUT2D eigenvalue weighted by molar-refractivity contribution is 6.21. The number of carbonyl (C=O) groups excluding carboxylic acids is 1. The maximum absolute atomic E-state index is 12.6. The van der Waals surface area contributed by atoms with E-state index in [-0.39, 0.29) is 5.57 Å². The molecule has 7 aromatic rings. The number of primary amides is 1. The van der Waals surface area contributed by atoms with Crippen LogP contribution >= 0.6 is 0 Å². The number of ether oxygens (including phenoxy) is 1. The fourth-order valence-electron chi connectivity index (χ4n) is 5.74. The molecule has 0 radical (unpaired) electrons. The average molecular weight is 606 g/mol. The fraction of sp³-hybridized carbons (Fsp3) is 0.0811. The second kappa shape index (κ2) is 11.4. The number of rotatable bonds is 8. The number of para-hydroxylation sites is 2. The zero-order valence-electron chi connectivity index (χ0n) is 25.7. The van der Waals surface area contributed by atoms with Gasteiger partial charge in [-0.3, -0.25) is 4.79 Å². The number of methoxy groups -OCH3 is 1. The summed E-state index contributed by atoms with van der Waals surface area (Å²) in [4.78, 5) is 28.9. The molecule has 1 amide bonds. The van der Waals surface area contributed by atoms with Gasteiger partial charge in [0.2, 0.25) is 11.9 Å². The van der Waals surface area contributed by atoms with Gasteiger partial charge in [0.05, 0.1) is 29.3 Å². The maximum Gasteiger partial charge on any atom is 0.248 e. The van der Waals surface area contributed by atoms with E-state index in [0.717, 1.165) is 49.5 Å². The quantitative estimate of drug-likeness (QED) is 0.140. The van der Waals surface area contributed by atoms with Crippen molar-refractivity contribution in [2.45, 2.75) is 0 Å². The van der Waals surface area contributed by atoms with E-state index in [1.54, 1.807) is 13.3 Å². The maximum atomic E-state index is 12.6. The van der Waals surface area contributed by atoms with E-state index in [9.17, 15) is 4.79 Å². The van der Waals surface area contributed by atoms with Crippen molar-refractivity contribution in [3.63, 3.8) is 0 Å². The summed E-state index contributed by atoms with van der Waals surface area (Å²) in [6.45, 7) is 4.07. The summed E-state index contributed by atoms with van der Waals surface area (Å²) in [7, 11) is 5.56. The molecule has 3 heterocycles. The van der Waals surface area contributed by atoms with Crippen LogP contribution < -0.4 is 20.7 Å². The lowest BCUT2D eigenvalue weighted by molar-refractivity contribution is -0.112. The summed E-state index contributed by atoms with van der Waals surface area (Å²) in [6, 6.07) is 29.9. The van der Waals surface area contributed by atoms with Crippen molar-refractivity contribution in [2.75, 3.05) is 31.4 Å². The monoisotopic (exact) mass is 605 g/mol. The average Bonchev–Trinajstić information content (AvgIpc) is 3.51. The van der Waals surface area contributed by atoms with E-state index < -0.39 is 5.91 Å². The van der Waals surface area contributed by atoms with Crippen molar-refractivity contribution in [2.24, 2.45) is 5.73 Å². The van der Waals surface area contributed by atoms with Gasteiger partial charge in [-0.1, -0.05) is 43.0 Å². The third-order valence-electron chi connectivity index (χ3n) is 8.12. The number of pyridine rings is 1. The molecule has 4 aromatic carbocycles. The molecule has 0 spiro atoms. The Labute approximate surface area is 265 Å². The second-order valence-electron chi connectivity index (χ2n) is 11.2. The topological polar surface area (TPSA) is 111 Å². The highest BCUT2D eigenvalue weighted by atomic mass is 16.5. The lowest BCUT2D eigenvalue weighted by Crippen LogP contribution is -2.13. The number of nitrogens with two attached hydrogens (primary N) is 1. The zero-order chi connectivity index (χ0) is 31.9. The van der Waals surface area contributed by atoms with E-state index in [0.29, 0.717) is 28.8 Å². The molecule has 3 aromatic heterocycles. The van der Waals surface area contributed by atoms with Crippen molar-refractivity contribution < 1.29 is 9.53 Å². The molecule has 9 heteroatoms. The molecular weight excluding hydrogens is 574 g/mol. The molecule has 0 aliphatic carbocycles. The number of fused-ring (bicyclic) bond motifs is 3. The molecule has 0 aliphatic rings. The van der Waals surface area contributed by atoms with Gasteiger partial charge in [-0.25, -0.2) is 9.97 Å². The van der Waals surface area contributed by atoms with Crippen LogP contribution in [-0.4, -0.2) is 46.6 Å². The molecule has 0 saturated heterocycles. The molecule has 46 heavy (non-hydrogen) atoms. The minimum absolute atomic E-state index is 0.159. The molecule has 9 nitrogen and oxygen atoms in total. The van der Waals surface area contributed by atoms with Crippen molar-refractivity contribution in [1.82, 2.24) is 19.5 Å². The Morgan fingerprint density at radius 2 is 1.67 bits per heavy atom. The van der Waals surface area contributed by atoms with Crippen LogP contribution in [0.4, 0.5) is 17.3 Å². The fourth-order valence-corrected chi connectivity index (χ4v) is 5.74. The smallest absolute Gasteiger partial charge is 0.248 e. The van der Waals surface area contributed by atoms with Gasteiger partial charge >= 0.3 is 0 Å². The largest absolute Gasteiger partial charge is 0.495 e. The predicted molar refractivity (Wildman–Crippen MR) is 186 cm³/mol. The summed E-state index contributed by atoms with van der Waals surface area (Å²) in [5.74, 6) is 0.941. The predicted octanol–water partition coefficient (Wildman–Crippen LogP) is 7.11. The normalized spacial score (nSPS) is 11.2. The van der Waals surface area contributed by atoms with Crippen molar-refractivity contribution in [3.05, 3.63) is 116 Å². The third kappa shape index (κ3) is 5.03. The molecule has 0 atom stereocenters. The van der Waals surface area contributed by atoms with E-state index in [1.165, 1.54) is 0 Å². The van der Waals surface area contributed by atoms with Gasteiger partial charge in [0.25, 0.3) is 0 Å². The minimum Gasteiger partial charge on any atom is -0.495 e. The van der Waals surface area contributed by atoms with Gasteiger partial charge in [0.15, 0.2) is 0 Å². The van der Waals surface area contributed by atoms with E-state index in [2.05, 4.69) is 41.1 Å². The van der Waals surface area contributed by atoms with Gasteiger partial charge < -0.3 is 25.3 Å². The number of amides is 1. The number of hydrogen-bond donors (Lipinski definition) is 2. The number of carbonyl (C=O) groups is 1. The van der Waals surface area contributed by atoms with Crippen LogP contribution in [0, 0.1) is 0 Å². The molecule has 0 unspecified atom stereocenters. The molecule has 0 aliphatic heterocycles. The number of anilines is 3. The highest BCUT2D eigenvalue weighted by Crippen LogP contribution is 2.42. The number of aromatic nitrogens is 4. The molecule has 3 N–H and O–H groups in total. The molecular formula is C37H31N7O2. The Morgan fingerprint density at radius 3 is 2.46 bits per heavy atom. The molecule has 0 fully saturated rings. The summed E-state index contributed by atoms with van der Waals surface area (Å²) < 4.78 is 7.90. The van der Waals surface area contributed by atoms with Crippen LogP contribution in [0.1, 0.15) is 5.56 Å². The molecule has 7 rings (SSSR count). The summed E-state index contributed by atoms with van der Waals surface area (Å²) in [6.07, 6.45) is 3.67. The number of hydrogen-bond acceptors (Lipinski definition) is 7. The van der Waals surface area contributed by atoms with Crippen LogP contribution in [0.15, 0.2) is 110 Å². The van der Waals surface area contributed by atoms with Crippen molar-refractivity contribution >= 4 is 61.5 Å². The van der Waals surface area contributed by atoms with Gasteiger partial charge in [0, 0.05) is 48.5 Å². The SMILES string of the molecule is C=C(C(N)=O)c1cc(Nc2nccc(-n3ccc4ccccc43)n2)c(OC)cc1-c1cc(N(C)C)cc2nc3ccccc3cc12. The molecule has 0 saturated carbocycles. The lowest BCUT2D eigenvalue weighted by atomic mass is 9.90. The van der Waals surface area contributed by atoms with Gasteiger partial charge in [-0.2, -0.15) is 4.98 Å². The summed E-state index contributed by atoms with van der Waals surface area (Å²) in [5, 5.41) is 6.33. The molecule has 0 bridgehead atoms. The van der Waals surface area contributed by atoms with Crippen LogP contribution in [0.25, 0.3) is 55.2 Å². The minimum atomic E-state index is -0.633. The number of nitrogens with one attached hydrogen (secondary N) is 1. The highest BCUT2D eigenvalue weighted by Gasteiger charge is 2.21. The van der Waals surface area contributed by atoms with E-state index in [4.69, 9.17) is 20.4 Å².